The van der Waals surface area contributed by atoms with Gasteiger partial charge < -0.3 is 4.74 Å². The second-order valence-corrected chi connectivity index (χ2v) is 6.65. The van der Waals surface area contributed by atoms with E-state index in [1.54, 1.807) is 11.6 Å². The highest BCUT2D eigenvalue weighted by Crippen LogP contribution is 2.37. The Kier molecular flexibility index (Phi) is 5.57. The zero-order valence-corrected chi connectivity index (χ0v) is 14.6. The Morgan fingerprint density at radius 1 is 1.00 bits per heavy atom. The van der Waals surface area contributed by atoms with E-state index in [0.717, 1.165) is 11.1 Å². The molecular weight excluding hydrogens is 323 g/mol. The Morgan fingerprint density at radius 2 is 1.67 bits per heavy atom. The van der Waals surface area contributed by atoms with Crippen LogP contribution in [0.4, 0.5) is 4.39 Å². The summed E-state index contributed by atoms with van der Waals surface area (Å²) < 4.78 is 18.8. The molecule has 1 saturated carbocycles. The summed E-state index contributed by atoms with van der Waals surface area (Å²) in [6, 6.07) is 13.6. The highest BCUT2D eigenvalue weighted by atomic mass is 35.5. The van der Waals surface area contributed by atoms with Gasteiger partial charge in [-0.25, -0.2) is 4.39 Å². The Morgan fingerprint density at radius 3 is 2.25 bits per heavy atom. The molecule has 0 aromatic heterocycles. The molecule has 0 N–H and O–H groups in total. The lowest BCUT2D eigenvalue weighted by Gasteiger charge is -2.27. The summed E-state index contributed by atoms with van der Waals surface area (Å²) in [7, 11) is 1.48. The van der Waals surface area contributed by atoms with Crippen molar-refractivity contribution in [1.82, 2.24) is 0 Å². The molecule has 0 heterocycles. The van der Waals surface area contributed by atoms with Gasteiger partial charge in [-0.15, -0.1) is 0 Å². The van der Waals surface area contributed by atoms with Gasteiger partial charge in [-0.3, -0.25) is 0 Å². The van der Waals surface area contributed by atoms with Crippen molar-refractivity contribution in [3.8, 4) is 16.9 Å². The molecule has 2 aromatic rings. The van der Waals surface area contributed by atoms with E-state index in [-0.39, 0.29) is 11.6 Å². The fourth-order valence-electron chi connectivity index (χ4n) is 3.54. The number of halogens is 2. The maximum atomic E-state index is 13.9. The van der Waals surface area contributed by atoms with Crippen LogP contribution in [0.3, 0.4) is 0 Å². The van der Waals surface area contributed by atoms with Crippen LogP contribution in [-0.2, 0) is 0 Å². The predicted molar refractivity (Wildman–Crippen MR) is 98.1 cm³/mol. The number of benzene rings is 2. The summed E-state index contributed by atoms with van der Waals surface area (Å²) in [6.45, 7) is 0. The monoisotopic (exact) mass is 344 g/mol. The average Bonchev–Trinajstić information content (AvgIpc) is 2.63. The van der Waals surface area contributed by atoms with Gasteiger partial charge in [0, 0.05) is 5.54 Å². The van der Waals surface area contributed by atoms with Crippen LogP contribution in [-0.4, -0.2) is 7.11 Å². The van der Waals surface area contributed by atoms with Crippen LogP contribution in [0.2, 0.25) is 0 Å². The molecule has 1 aliphatic rings. The fraction of sp³-hybridized carbons (Fsp3) is 0.333. The predicted octanol–water partition coefficient (Wildman–Crippen LogP) is 6.53. The molecule has 3 rings (SSSR count). The minimum atomic E-state index is -0.329. The van der Waals surface area contributed by atoms with E-state index in [2.05, 4.69) is 30.3 Å². The minimum Gasteiger partial charge on any atom is -0.494 e. The third-order valence-electron chi connectivity index (χ3n) is 4.98. The molecule has 3 heteroatoms. The molecule has 0 radical (unpaired) electrons. The van der Waals surface area contributed by atoms with Crippen molar-refractivity contribution in [1.29, 1.82) is 0 Å². The first kappa shape index (κ1) is 17.0. The van der Waals surface area contributed by atoms with Crippen molar-refractivity contribution in [3.63, 3.8) is 0 Å². The number of hydrogen-bond donors (Lipinski definition) is 0. The zero-order valence-electron chi connectivity index (χ0n) is 13.8. The maximum Gasteiger partial charge on any atom is 0.165 e. The Bertz CT molecular complexity index is 700. The smallest absolute Gasteiger partial charge is 0.165 e. The normalized spacial score (nSPS) is 21.1. The van der Waals surface area contributed by atoms with Crippen molar-refractivity contribution in [2.75, 3.05) is 7.11 Å². The van der Waals surface area contributed by atoms with E-state index in [1.807, 2.05) is 6.07 Å². The first-order valence-electron chi connectivity index (χ1n) is 8.42. The van der Waals surface area contributed by atoms with Crippen LogP contribution in [0.1, 0.15) is 37.2 Å². The average molecular weight is 345 g/mol. The molecular formula is C21H22ClFO. The molecule has 0 unspecified atom stereocenters. The van der Waals surface area contributed by atoms with Gasteiger partial charge in [0.15, 0.2) is 11.6 Å². The van der Waals surface area contributed by atoms with Gasteiger partial charge in [0.25, 0.3) is 0 Å². The third kappa shape index (κ3) is 3.81. The van der Waals surface area contributed by atoms with Crippen molar-refractivity contribution in [2.45, 2.75) is 31.6 Å². The van der Waals surface area contributed by atoms with E-state index >= 15 is 0 Å². The van der Waals surface area contributed by atoms with Crippen molar-refractivity contribution < 1.29 is 9.13 Å². The van der Waals surface area contributed by atoms with Gasteiger partial charge in [0.1, 0.15) is 0 Å². The van der Waals surface area contributed by atoms with Crippen LogP contribution >= 0.6 is 11.6 Å². The molecule has 0 bridgehead atoms. The molecule has 2 aromatic carbocycles. The summed E-state index contributed by atoms with van der Waals surface area (Å²) in [5.74, 6) is 1.19. The van der Waals surface area contributed by atoms with Gasteiger partial charge in [0.05, 0.1) is 7.11 Å². The Labute approximate surface area is 148 Å². The van der Waals surface area contributed by atoms with Crippen LogP contribution < -0.4 is 4.74 Å². The Hall–Kier alpha value is -1.80. The second-order valence-electron chi connectivity index (χ2n) is 6.40. The first-order valence-corrected chi connectivity index (χ1v) is 8.85. The summed E-state index contributed by atoms with van der Waals surface area (Å²) >= 11 is 5.68. The molecule has 0 aliphatic heterocycles. The Balaban J connectivity index is 1.71. The number of rotatable bonds is 4. The van der Waals surface area contributed by atoms with E-state index in [9.17, 15) is 4.39 Å². The van der Waals surface area contributed by atoms with E-state index < -0.39 is 0 Å². The van der Waals surface area contributed by atoms with Crippen LogP contribution in [0, 0.1) is 11.7 Å². The van der Waals surface area contributed by atoms with Gasteiger partial charge in [-0.1, -0.05) is 48.0 Å². The standard InChI is InChI=1S/C21H22ClFO/c1-24-21-11-10-19(14-20(21)23)18-8-6-17(7-9-18)16-4-2-15(3-5-16)12-13-22/h6-16H,2-5H2,1H3. The molecule has 126 valence electrons. The minimum absolute atomic E-state index is 0.276. The van der Waals surface area contributed by atoms with Gasteiger partial charge in [-0.2, -0.15) is 0 Å². The summed E-state index contributed by atoms with van der Waals surface area (Å²) in [6.07, 6.45) is 6.89. The molecule has 1 aliphatic carbocycles. The van der Waals surface area contributed by atoms with Gasteiger partial charge in [0.2, 0.25) is 0 Å². The fourth-order valence-corrected chi connectivity index (χ4v) is 3.75. The summed E-state index contributed by atoms with van der Waals surface area (Å²) in [5.41, 5.74) is 4.92. The van der Waals surface area contributed by atoms with Crippen molar-refractivity contribution >= 4 is 11.6 Å². The highest BCUT2D eigenvalue weighted by molar-refractivity contribution is 6.25. The summed E-state index contributed by atoms with van der Waals surface area (Å²) in [5, 5.41) is 0. The topological polar surface area (TPSA) is 9.23 Å². The maximum absolute atomic E-state index is 13.9. The molecule has 0 spiro atoms. The molecule has 1 fully saturated rings. The van der Waals surface area contributed by atoms with Crippen molar-refractivity contribution in [3.05, 3.63) is 65.5 Å². The quantitative estimate of drug-likeness (QED) is 0.612. The van der Waals surface area contributed by atoms with E-state index in [4.69, 9.17) is 16.3 Å². The number of hydrogen-bond acceptors (Lipinski definition) is 1. The molecule has 0 amide bonds. The third-order valence-corrected chi connectivity index (χ3v) is 5.13. The molecule has 0 atom stereocenters. The number of ether oxygens (including phenoxy) is 1. The second kappa shape index (κ2) is 7.85. The molecule has 1 nitrogen and oxygen atoms in total. The molecule has 24 heavy (non-hydrogen) atoms. The number of methoxy groups -OCH3 is 1. The number of allylic oxidation sites excluding steroid dienone is 1. The van der Waals surface area contributed by atoms with E-state index in [1.165, 1.54) is 44.4 Å². The highest BCUT2D eigenvalue weighted by Gasteiger charge is 2.20. The van der Waals surface area contributed by atoms with Gasteiger partial charge in [-0.05, 0) is 66.3 Å². The largest absolute Gasteiger partial charge is 0.494 e. The first-order chi connectivity index (χ1) is 11.7. The summed E-state index contributed by atoms with van der Waals surface area (Å²) in [4.78, 5) is 0. The lowest BCUT2D eigenvalue weighted by molar-refractivity contribution is 0.376. The molecule has 0 saturated heterocycles. The van der Waals surface area contributed by atoms with Gasteiger partial charge >= 0.3 is 0 Å². The SMILES string of the molecule is COc1ccc(-c2ccc(C3CCC(C=CCl)CC3)cc2)cc1F. The lowest BCUT2D eigenvalue weighted by Crippen LogP contribution is -2.11. The van der Waals surface area contributed by atoms with Crippen molar-refractivity contribution in [2.24, 2.45) is 5.92 Å². The van der Waals surface area contributed by atoms with E-state index in [0.29, 0.717) is 11.8 Å². The van der Waals surface area contributed by atoms with Crippen LogP contribution in [0.5, 0.6) is 5.75 Å². The van der Waals surface area contributed by atoms with Crippen LogP contribution in [0.25, 0.3) is 11.1 Å². The lowest BCUT2D eigenvalue weighted by atomic mass is 9.78. The van der Waals surface area contributed by atoms with Crippen LogP contribution in [0.15, 0.2) is 54.1 Å². The zero-order chi connectivity index (χ0) is 16.9.